The molecule has 0 N–H and O–H groups in total. The van der Waals surface area contributed by atoms with Crippen LogP contribution in [-0.2, 0) is 9.47 Å². The van der Waals surface area contributed by atoms with Crippen molar-refractivity contribution in [2.24, 2.45) is 0 Å². The summed E-state index contributed by atoms with van der Waals surface area (Å²) in [6, 6.07) is 0. The Labute approximate surface area is 120 Å². The van der Waals surface area contributed by atoms with Gasteiger partial charge in [0, 0.05) is 19.6 Å². The Morgan fingerprint density at radius 3 is 1.95 bits per heavy atom. The Balaban J connectivity index is 1.67. The Bertz CT molecular complexity index is 176. The summed E-state index contributed by atoms with van der Waals surface area (Å²) in [5, 5.41) is 0. The highest BCUT2D eigenvalue weighted by Gasteiger charge is 2.14. The van der Waals surface area contributed by atoms with E-state index in [4.69, 9.17) is 9.47 Å². The Morgan fingerprint density at radius 2 is 1.42 bits per heavy atom. The van der Waals surface area contributed by atoms with Gasteiger partial charge in [0.2, 0.25) is 0 Å². The molecule has 0 amide bonds. The lowest BCUT2D eigenvalue weighted by Crippen LogP contribution is -2.11. The second kappa shape index (κ2) is 12.9. The molecule has 1 rings (SSSR count). The molecule has 2 heteroatoms. The molecule has 2 nitrogen and oxygen atoms in total. The summed E-state index contributed by atoms with van der Waals surface area (Å²) in [7, 11) is 0. The molecule has 0 radical (unpaired) electrons. The van der Waals surface area contributed by atoms with Gasteiger partial charge in [0.05, 0.1) is 0 Å². The minimum absolute atomic E-state index is 0.114. The van der Waals surface area contributed by atoms with E-state index in [1.54, 1.807) is 0 Å². The van der Waals surface area contributed by atoms with Crippen LogP contribution in [-0.4, -0.2) is 19.5 Å². The summed E-state index contributed by atoms with van der Waals surface area (Å²) in [5.41, 5.74) is 0. The van der Waals surface area contributed by atoms with Crippen LogP contribution in [0.5, 0.6) is 0 Å². The van der Waals surface area contributed by atoms with Crippen molar-refractivity contribution in [1.82, 2.24) is 0 Å². The van der Waals surface area contributed by atoms with E-state index < -0.39 is 0 Å². The monoisotopic (exact) mass is 270 g/mol. The van der Waals surface area contributed by atoms with Gasteiger partial charge >= 0.3 is 0 Å². The van der Waals surface area contributed by atoms with Gasteiger partial charge in [-0.2, -0.15) is 0 Å². The largest absolute Gasteiger partial charge is 0.353 e. The van der Waals surface area contributed by atoms with E-state index in [2.05, 4.69) is 6.92 Å². The number of hydrogen-bond donors (Lipinski definition) is 0. The highest BCUT2D eigenvalue weighted by molar-refractivity contribution is 4.54. The molecular formula is C17H34O2. The molecule has 0 aromatic rings. The zero-order chi connectivity index (χ0) is 13.6. The first-order chi connectivity index (χ1) is 9.43. The maximum absolute atomic E-state index is 5.66. The first-order valence-electron chi connectivity index (χ1n) is 8.66. The molecule has 0 aromatic heterocycles. The van der Waals surface area contributed by atoms with Crippen molar-refractivity contribution in [3.05, 3.63) is 0 Å². The fourth-order valence-electron chi connectivity index (χ4n) is 2.66. The second-order valence-corrected chi connectivity index (χ2v) is 5.85. The molecule has 114 valence electrons. The molecule has 0 saturated carbocycles. The molecule has 1 aliphatic heterocycles. The predicted octanol–water partition coefficient (Wildman–Crippen LogP) is 5.45. The molecule has 1 heterocycles. The molecule has 0 bridgehead atoms. The molecule has 0 aromatic carbocycles. The summed E-state index contributed by atoms with van der Waals surface area (Å²) in [4.78, 5) is 0. The van der Waals surface area contributed by atoms with Gasteiger partial charge in [-0.3, -0.25) is 0 Å². The predicted molar refractivity (Wildman–Crippen MR) is 81.4 cm³/mol. The molecule has 0 aliphatic carbocycles. The summed E-state index contributed by atoms with van der Waals surface area (Å²) in [6.07, 6.45) is 17.7. The lowest BCUT2D eigenvalue weighted by molar-refractivity contribution is -0.111. The van der Waals surface area contributed by atoms with Crippen LogP contribution in [0.15, 0.2) is 0 Å². The van der Waals surface area contributed by atoms with Crippen molar-refractivity contribution in [3.8, 4) is 0 Å². The maximum Gasteiger partial charge on any atom is 0.157 e. The molecule has 19 heavy (non-hydrogen) atoms. The normalized spacial score (nSPS) is 19.1. The number of rotatable bonds is 13. The van der Waals surface area contributed by atoms with Crippen molar-refractivity contribution in [1.29, 1.82) is 0 Å². The van der Waals surface area contributed by atoms with Crippen LogP contribution in [0.3, 0.4) is 0 Å². The second-order valence-electron chi connectivity index (χ2n) is 5.85. The van der Waals surface area contributed by atoms with Crippen LogP contribution in [0.1, 0.15) is 90.4 Å². The third kappa shape index (κ3) is 10.4. The Kier molecular flexibility index (Phi) is 11.5. The third-order valence-electron chi connectivity index (χ3n) is 3.94. The number of unbranched alkanes of at least 4 members (excludes halogenated alkanes) is 10. The Hall–Kier alpha value is -0.0800. The fraction of sp³-hybridized carbons (Fsp3) is 1.00. The van der Waals surface area contributed by atoms with Crippen LogP contribution in [0, 0.1) is 0 Å². The zero-order valence-corrected chi connectivity index (χ0v) is 13.0. The third-order valence-corrected chi connectivity index (χ3v) is 3.94. The summed E-state index contributed by atoms with van der Waals surface area (Å²) < 4.78 is 11.1. The van der Waals surface area contributed by atoms with Crippen LogP contribution < -0.4 is 0 Å². The van der Waals surface area contributed by atoms with E-state index in [-0.39, 0.29) is 6.29 Å². The van der Waals surface area contributed by atoms with E-state index >= 15 is 0 Å². The van der Waals surface area contributed by atoms with Gasteiger partial charge < -0.3 is 9.47 Å². The van der Waals surface area contributed by atoms with Crippen LogP contribution >= 0.6 is 0 Å². The lowest BCUT2D eigenvalue weighted by atomic mass is 10.1. The average Bonchev–Trinajstić information content (AvgIpc) is 2.93. The minimum atomic E-state index is 0.114. The van der Waals surface area contributed by atoms with E-state index in [0.717, 1.165) is 19.6 Å². The molecule has 1 fully saturated rings. The first-order valence-corrected chi connectivity index (χ1v) is 8.66. The molecule has 1 saturated heterocycles. The van der Waals surface area contributed by atoms with Gasteiger partial charge in [-0.05, 0) is 12.8 Å². The van der Waals surface area contributed by atoms with E-state index in [1.807, 2.05) is 0 Å². The maximum atomic E-state index is 5.66. The smallest absolute Gasteiger partial charge is 0.157 e. The van der Waals surface area contributed by atoms with Crippen LogP contribution in [0.25, 0.3) is 0 Å². The molecule has 1 aliphatic rings. The summed E-state index contributed by atoms with van der Waals surface area (Å²) in [6.45, 7) is 4.06. The van der Waals surface area contributed by atoms with Crippen molar-refractivity contribution < 1.29 is 9.47 Å². The standard InChI is InChI=1S/C17H34O2/c1-2-3-4-5-6-7-8-9-10-11-12-15-18-17-14-13-16-19-17/h17H,2-16H2,1H3. The first kappa shape index (κ1) is 17.0. The van der Waals surface area contributed by atoms with Crippen LogP contribution in [0.2, 0.25) is 0 Å². The summed E-state index contributed by atoms with van der Waals surface area (Å²) >= 11 is 0. The van der Waals surface area contributed by atoms with Gasteiger partial charge in [0.25, 0.3) is 0 Å². The van der Waals surface area contributed by atoms with E-state index in [1.165, 1.54) is 77.0 Å². The van der Waals surface area contributed by atoms with E-state index in [0.29, 0.717) is 0 Å². The topological polar surface area (TPSA) is 18.5 Å². The van der Waals surface area contributed by atoms with Crippen molar-refractivity contribution >= 4 is 0 Å². The molecule has 1 atom stereocenters. The zero-order valence-electron chi connectivity index (χ0n) is 13.0. The van der Waals surface area contributed by atoms with Crippen molar-refractivity contribution in [2.75, 3.05) is 13.2 Å². The van der Waals surface area contributed by atoms with Gasteiger partial charge in [-0.25, -0.2) is 0 Å². The average molecular weight is 270 g/mol. The van der Waals surface area contributed by atoms with E-state index in [9.17, 15) is 0 Å². The SMILES string of the molecule is CCCCCCCCCCCCCOC1CCCO1. The lowest BCUT2D eigenvalue weighted by Gasteiger charge is -2.10. The van der Waals surface area contributed by atoms with Gasteiger partial charge in [-0.1, -0.05) is 71.1 Å². The fourth-order valence-corrected chi connectivity index (χ4v) is 2.66. The highest BCUT2D eigenvalue weighted by Crippen LogP contribution is 2.14. The summed E-state index contributed by atoms with van der Waals surface area (Å²) in [5.74, 6) is 0. The highest BCUT2D eigenvalue weighted by atomic mass is 16.7. The minimum Gasteiger partial charge on any atom is -0.353 e. The molecular weight excluding hydrogens is 236 g/mol. The number of ether oxygens (including phenoxy) is 2. The molecule has 0 spiro atoms. The van der Waals surface area contributed by atoms with Crippen molar-refractivity contribution in [2.45, 2.75) is 96.7 Å². The van der Waals surface area contributed by atoms with Gasteiger partial charge in [-0.15, -0.1) is 0 Å². The molecule has 1 unspecified atom stereocenters. The van der Waals surface area contributed by atoms with Crippen molar-refractivity contribution in [3.63, 3.8) is 0 Å². The number of hydrogen-bond acceptors (Lipinski definition) is 2. The quantitative estimate of drug-likeness (QED) is 0.414. The van der Waals surface area contributed by atoms with Gasteiger partial charge in [0.1, 0.15) is 0 Å². The van der Waals surface area contributed by atoms with Crippen LogP contribution in [0.4, 0.5) is 0 Å². The Morgan fingerprint density at radius 1 is 0.842 bits per heavy atom. The van der Waals surface area contributed by atoms with Gasteiger partial charge in [0.15, 0.2) is 6.29 Å².